The lowest BCUT2D eigenvalue weighted by atomic mass is 10.00. The molecule has 0 saturated carbocycles. The predicted octanol–water partition coefficient (Wildman–Crippen LogP) is 1.76. The van der Waals surface area contributed by atoms with Crippen LogP contribution in [0.3, 0.4) is 0 Å². The average molecular weight is 294 g/mol. The fourth-order valence-electron chi connectivity index (χ4n) is 2.70. The second-order valence-corrected chi connectivity index (χ2v) is 5.52. The van der Waals surface area contributed by atoms with E-state index >= 15 is 0 Å². The number of phenolic OH excluding ortho intramolecular Hbond substituents is 1. The summed E-state index contributed by atoms with van der Waals surface area (Å²) in [7, 11) is 0. The summed E-state index contributed by atoms with van der Waals surface area (Å²) in [6.07, 6.45) is 2.19. The molecule has 2 heterocycles. The number of hydrogen-bond donors (Lipinski definition) is 2. The number of piperidine rings is 1. The molecule has 0 radical (unpaired) electrons. The molecule has 20 heavy (non-hydrogen) atoms. The monoisotopic (exact) mass is 293 g/mol. The van der Waals surface area contributed by atoms with E-state index in [1.165, 1.54) is 10.6 Å². The minimum absolute atomic E-state index is 0.0204. The molecule has 106 valence electrons. The van der Waals surface area contributed by atoms with E-state index in [0.717, 1.165) is 25.9 Å². The van der Waals surface area contributed by atoms with Gasteiger partial charge in [-0.25, -0.2) is 4.98 Å². The molecule has 1 fully saturated rings. The highest BCUT2D eigenvalue weighted by Gasteiger charge is 2.18. The van der Waals surface area contributed by atoms with Gasteiger partial charge in [0.2, 0.25) is 5.28 Å². The number of fused-ring (bicyclic) bond motifs is 1. The van der Waals surface area contributed by atoms with Gasteiger partial charge in [0, 0.05) is 6.54 Å². The Morgan fingerprint density at radius 2 is 2.35 bits per heavy atom. The van der Waals surface area contributed by atoms with Crippen LogP contribution in [0.5, 0.6) is 5.75 Å². The van der Waals surface area contributed by atoms with Gasteiger partial charge >= 0.3 is 0 Å². The van der Waals surface area contributed by atoms with Crippen molar-refractivity contribution in [3.05, 3.63) is 33.8 Å². The normalized spacial score (nSPS) is 19.4. The molecule has 0 spiro atoms. The first-order valence-electron chi connectivity index (χ1n) is 6.75. The highest BCUT2D eigenvalue weighted by molar-refractivity contribution is 6.28. The van der Waals surface area contributed by atoms with Gasteiger partial charge in [-0.3, -0.25) is 9.36 Å². The minimum Gasteiger partial charge on any atom is -0.506 e. The molecule has 1 unspecified atom stereocenters. The van der Waals surface area contributed by atoms with E-state index < -0.39 is 0 Å². The molecule has 1 saturated heterocycles. The zero-order valence-corrected chi connectivity index (χ0v) is 11.7. The van der Waals surface area contributed by atoms with Crippen molar-refractivity contribution in [3.63, 3.8) is 0 Å². The van der Waals surface area contributed by atoms with Crippen molar-refractivity contribution in [1.29, 1.82) is 0 Å². The number of aromatic nitrogens is 2. The summed E-state index contributed by atoms with van der Waals surface area (Å²) < 4.78 is 1.50. The summed E-state index contributed by atoms with van der Waals surface area (Å²) in [5.41, 5.74) is 0.0713. The second-order valence-electron chi connectivity index (χ2n) is 5.18. The van der Waals surface area contributed by atoms with Gasteiger partial charge in [-0.2, -0.15) is 0 Å². The number of para-hydroxylation sites is 1. The molecule has 2 aromatic rings. The zero-order chi connectivity index (χ0) is 14.1. The first kappa shape index (κ1) is 13.4. The van der Waals surface area contributed by atoms with Gasteiger partial charge in [-0.1, -0.05) is 6.07 Å². The van der Waals surface area contributed by atoms with Crippen LogP contribution in [-0.4, -0.2) is 27.7 Å². The Balaban J connectivity index is 2.04. The largest absolute Gasteiger partial charge is 0.506 e. The molecule has 2 N–H and O–H groups in total. The van der Waals surface area contributed by atoms with Crippen LogP contribution in [0.15, 0.2) is 23.0 Å². The maximum absolute atomic E-state index is 12.5. The van der Waals surface area contributed by atoms with Gasteiger partial charge in [0.15, 0.2) is 0 Å². The molecule has 1 aliphatic heterocycles. The summed E-state index contributed by atoms with van der Waals surface area (Å²) in [6, 6.07) is 4.80. The highest BCUT2D eigenvalue weighted by Crippen LogP contribution is 2.22. The molecular weight excluding hydrogens is 278 g/mol. The Labute approximate surface area is 121 Å². The number of rotatable bonds is 2. The third-order valence-corrected chi connectivity index (χ3v) is 4.05. The summed E-state index contributed by atoms with van der Waals surface area (Å²) in [5, 5.41) is 13.6. The van der Waals surface area contributed by atoms with E-state index in [1.54, 1.807) is 12.1 Å². The zero-order valence-electron chi connectivity index (χ0n) is 11.0. The Morgan fingerprint density at radius 1 is 1.50 bits per heavy atom. The Hall–Kier alpha value is -1.59. The molecule has 1 atom stereocenters. The van der Waals surface area contributed by atoms with Crippen molar-refractivity contribution in [2.24, 2.45) is 5.92 Å². The Kier molecular flexibility index (Phi) is 3.63. The van der Waals surface area contributed by atoms with Crippen molar-refractivity contribution in [2.75, 3.05) is 13.1 Å². The maximum Gasteiger partial charge on any atom is 0.262 e. The number of halogens is 1. The molecule has 3 rings (SSSR count). The molecule has 1 aromatic carbocycles. The maximum atomic E-state index is 12.5. The molecule has 1 aliphatic rings. The summed E-state index contributed by atoms with van der Waals surface area (Å²) in [5.74, 6) is 0.364. The number of phenols is 1. The quantitative estimate of drug-likeness (QED) is 0.828. The minimum atomic E-state index is -0.193. The predicted molar refractivity (Wildman–Crippen MR) is 78.3 cm³/mol. The van der Waals surface area contributed by atoms with Crippen LogP contribution in [-0.2, 0) is 6.54 Å². The summed E-state index contributed by atoms with van der Waals surface area (Å²) >= 11 is 6.12. The lowest BCUT2D eigenvalue weighted by Crippen LogP contribution is -2.35. The van der Waals surface area contributed by atoms with Crippen molar-refractivity contribution in [2.45, 2.75) is 19.4 Å². The number of hydrogen-bond acceptors (Lipinski definition) is 4. The van der Waals surface area contributed by atoms with Crippen LogP contribution in [0.25, 0.3) is 10.9 Å². The van der Waals surface area contributed by atoms with Crippen LogP contribution in [0, 0.1) is 5.92 Å². The topological polar surface area (TPSA) is 67.1 Å². The molecule has 1 aromatic heterocycles. The summed E-state index contributed by atoms with van der Waals surface area (Å²) in [6.45, 7) is 2.48. The Morgan fingerprint density at radius 3 is 3.10 bits per heavy atom. The van der Waals surface area contributed by atoms with Gasteiger partial charge < -0.3 is 10.4 Å². The standard InChI is InChI=1S/C14H16ClN3O2/c15-14-17-12-10(4-1-5-11(12)19)13(20)18(14)8-9-3-2-6-16-7-9/h1,4-5,9,16,19H,2-3,6-8H2. The number of aromatic hydroxyl groups is 1. The van der Waals surface area contributed by atoms with Gasteiger partial charge in [0.25, 0.3) is 5.56 Å². The lowest BCUT2D eigenvalue weighted by molar-refractivity contribution is 0.333. The van der Waals surface area contributed by atoms with E-state index in [4.69, 9.17) is 11.6 Å². The van der Waals surface area contributed by atoms with Crippen LogP contribution >= 0.6 is 11.6 Å². The fraction of sp³-hybridized carbons (Fsp3) is 0.429. The van der Waals surface area contributed by atoms with E-state index in [0.29, 0.717) is 17.8 Å². The lowest BCUT2D eigenvalue weighted by Gasteiger charge is -2.23. The Bertz CT molecular complexity index is 693. The van der Waals surface area contributed by atoms with Crippen LogP contribution < -0.4 is 10.9 Å². The van der Waals surface area contributed by atoms with Gasteiger partial charge in [0.1, 0.15) is 11.3 Å². The molecule has 0 amide bonds. The number of nitrogens with zero attached hydrogens (tertiary/aromatic N) is 2. The highest BCUT2D eigenvalue weighted by atomic mass is 35.5. The van der Waals surface area contributed by atoms with Crippen LogP contribution in [0.1, 0.15) is 12.8 Å². The van der Waals surface area contributed by atoms with Gasteiger partial charge in [-0.15, -0.1) is 0 Å². The average Bonchev–Trinajstić information content (AvgIpc) is 2.46. The smallest absolute Gasteiger partial charge is 0.262 e. The van der Waals surface area contributed by atoms with E-state index in [-0.39, 0.29) is 22.1 Å². The van der Waals surface area contributed by atoms with Crippen molar-refractivity contribution in [1.82, 2.24) is 14.9 Å². The molecule has 0 aliphatic carbocycles. The summed E-state index contributed by atoms with van der Waals surface area (Å²) in [4.78, 5) is 16.6. The first-order valence-corrected chi connectivity index (χ1v) is 7.13. The van der Waals surface area contributed by atoms with Crippen LogP contribution in [0.4, 0.5) is 0 Å². The van der Waals surface area contributed by atoms with Gasteiger partial charge in [-0.05, 0) is 55.6 Å². The van der Waals surface area contributed by atoms with E-state index in [1.807, 2.05) is 0 Å². The molecule has 5 nitrogen and oxygen atoms in total. The molecule has 0 bridgehead atoms. The third kappa shape index (κ3) is 2.39. The number of benzene rings is 1. The van der Waals surface area contributed by atoms with Crippen LogP contribution in [0.2, 0.25) is 5.28 Å². The second kappa shape index (κ2) is 5.42. The van der Waals surface area contributed by atoms with E-state index in [9.17, 15) is 9.90 Å². The molecule has 6 heteroatoms. The molecular formula is C14H16ClN3O2. The van der Waals surface area contributed by atoms with Crippen molar-refractivity contribution in [3.8, 4) is 5.75 Å². The SMILES string of the molecule is O=c1c2cccc(O)c2nc(Cl)n1CC1CCCNC1. The fourth-order valence-corrected chi connectivity index (χ4v) is 2.93. The van der Waals surface area contributed by atoms with Crippen molar-refractivity contribution < 1.29 is 5.11 Å². The third-order valence-electron chi connectivity index (χ3n) is 3.76. The first-order chi connectivity index (χ1) is 9.66. The van der Waals surface area contributed by atoms with Gasteiger partial charge in [0.05, 0.1) is 5.39 Å². The van der Waals surface area contributed by atoms with Crippen molar-refractivity contribution >= 4 is 22.5 Å². The number of nitrogens with one attached hydrogen (secondary N) is 1. The van der Waals surface area contributed by atoms with E-state index in [2.05, 4.69) is 10.3 Å².